The molecule has 1 saturated heterocycles. The molecule has 0 N–H and O–H groups in total. The quantitative estimate of drug-likeness (QED) is 0.762. The predicted octanol–water partition coefficient (Wildman–Crippen LogP) is 4.64. The van der Waals surface area contributed by atoms with Gasteiger partial charge in [-0.2, -0.15) is 0 Å². The molecule has 3 saturated carbocycles. The zero-order valence-electron chi connectivity index (χ0n) is 14.8. The van der Waals surface area contributed by atoms with Crippen molar-refractivity contribution in [1.82, 2.24) is 0 Å². The van der Waals surface area contributed by atoms with Crippen LogP contribution in [0.25, 0.3) is 0 Å². The van der Waals surface area contributed by atoms with E-state index in [1.54, 1.807) is 14.2 Å². The SMILES string of the molecule is COc1ccc(C23OC2(c2ccc(OC)cc2)C2CCC3CC2)cc1. The average Bonchev–Trinajstić information content (AvgIpc) is 3.44. The van der Waals surface area contributed by atoms with Crippen LogP contribution < -0.4 is 9.47 Å². The molecule has 6 rings (SSSR count). The Labute approximate surface area is 148 Å². The van der Waals surface area contributed by atoms with Crippen molar-refractivity contribution in [1.29, 1.82) is 0 Å². The van der Waals surface area contributed by atoms with Gasteiger partial charge in [-0.15, -0.1) is 0 Å². The van der Waals surface area contributed by atoms with Gasteiger partial charge in [0.05, 0.1) is 14.2 Å². The van der Waals surface area contributed by atoms with Crippen molar-refractivity contribution in [3.05, 3.63) is 59.7 Å². The van der Waals surface area contributed by atoms with Gasteiger partial charge < -0.3 is 14.2 Å². The smallest absolute Gasteiger partial charge is 0.131 e. The highest BCUT2D eigenvalue weighted by molar-refractivity contribution is 5.48. The molecule has 3 aliphatic carbocycles. The molecule has 25 heavy (non-hydrogen) atoms. The maximum absolute atomic E-state index is 6.78. The molecule has 2 aromatic carbocycles. The molecule has 130 valence electrons. The summed E-state index contributed by atoms with van der Waals surface area (Å²) in [5.41, 5.74) is 2.29. The second-order valence-electron chi connectivity index (χ2n) is 7.58. The molecule has 2 unspecified atom stereocenters. The molecule has 0 radical (unpaired) electrons. The van der Waals surface area contributed by atoms with Crippen molar-refractivity contribution in [2.75, 3.05) is 14.2 Å². The molecule has 1 heterocycles. The summed E-state index contributed by atoms with van der Waals surface area (Å²) >= 11 is 0. The lowest BCUT2D eigenvalue weighted by molar-refractivity contribution is 0.112. The summed E-state index contributed by atoms with van der Waals surface area (Å²) in [7, 11) is 3.43. The number of epoxide rings is 1. The van der Waals surface area contributed by atoms with Gasteiger partial charge in [-0.25, -0.2) is 0 Å². The van der Waals surface area contributed by atoms with Gasteiger partial charge in [-0.3, -0.25) is 0 Å². The van der Waals surface area contributed by atoms with E-state index in [9.17, 15) is 0 Å². The minimum atomic E-state index is -0.158. The molecule has 2 bridgehead atoms. The molecule has 3 nitrogen and oxygen atoms in total. The lowest BCUT2D eigenvalue weighted by Crippen LogP contribution is -2.44. The highest BCUT2D eigenvalue weighted by Gasteiger charge is 2.80. The Morgan fingerprint density at radius 1 is 0.680 bits per heavy atom. The van der Waals surface area contributed by atoms with Crippen LogP contribution in [0.2, 0.25) is 0 Å². The fourth-order valence-electron chi connectivity index (χ4n) is 5.60. The van der Waals surface area contributed by atoms with Gasteiger partial charge in [0.25, 0.3) is 0 Å². The van der Waals surface area contributed by atoms with E-state index in [1.165, 1.54) is 36.8 Å². The second kappa shape index (κ2) is 5.25. The van der Waals surface area contributed by atoms with Gasteiger partial charge in [0.1, 0.15) is 22.7 Å². The summed E-state index contributed by atoms with van der Waals surface area (Å²) in [6, 6.07) is 17.0. The summed E-state index contributed by atoms with van der Waals surface area (Å²) in [5.74, 6) is 3.01. The molecule has 1 aliphatic heterocycles. The minimum absolute atomic E-state index is 0.158. The molecule has 4 aliphatic rings. The van der Waals surface area contributed by atoms with Crippen molar-refractivity contribution in [2.24, 2.45) is 11.8 Å². The van der Waals surface area contributed by atoms with Crippen molar-refractivity contribution in [2.45, 2.75) is 36.9 Å². The first-order valence-electron chi connectivity index (χ1n) is 9.24. The van der Waals surface area contributed by atoms with Crippen LogP contribution in [-0.2, 0) is 15.9 Å². The fraction of sp³-hybridized carbons (Fsp3) is 0.455. The minimum Gasteiger partial charge on any atom is -0.497 e. The standard InChI is InChI=1S/C22H24O3/c1-23-19-11-7-17(8-12-19)21-15-3-5-16(6-4-15)22(21,25-21)18-9-13-20(24-2)14-10-18/h7-16H,3-6H2,1-2H3. The second-order valence-corrected chi connectivity index (χ2v) is 7.58. The summed E-state index contributed by atoms with van der Waals surface area (Å²) in [6.07, 6.45) is 5.09. The van der Waals surface area contributed by atoms with E-state index in [4.69, 9.17) is 14.2 Å². The van der Waals surface area contributed by atoms with Crippen LogP contribution in [0.1, 0.15) is 36.8 Å². The van der Waals surface area contributed by atoms with Gasteiger partial charge in [0, 0.05) is 0 Å². The molecule has 2 aromatic rings. The van der Waals surface area contributed by atoms with E-state index in [-0.39, 0.29) is 11.2 Å². The van der Waals surface area contributed by atoms with E-state index in [1.807, 2.05) is 0 Å². The molecule has 2 atom stereocenters. The molecule has 0 amide bonds. The topological polar surface area (TPSA) is 31.0 Å². The highest BCUT2D eigenvalue weighted by Crippen LogP contribution is 2.77. The van der Waals surface area contributed by atoms with Crippen molar-refractivity contribution >= 4 is 0 Å². The zero-order chi connectivity index (χ0) is 17.1. The summed E-state index contributed by atoms with van der Waals surface area (Å²) < 4.78 is 17.5. The Kier molecular flexibility index (Phi) is 3.21. The highest BCUT2D eigenvalue weighted by atomic mass is 16.6. The third-order valence-electron chi connectivity index (χ3n) is 6.75. The molecule has 3 heteroatoms. The van der Waals surface area contributed by atoms with Crippen molar-refractivity contribution in [3.8, 4) is 11.5 Å². The molecule has 4 fully saturated rings. The van der Waals surface area contributed by atoms with Gasteiger partial charge in [0.15, 0.2) is 0 Å². The molecular formula is C22H24O3. The van der Waals surface area contributed by atoms with Crippen LogP contribution in [0.3, 0.4) is 0 Å². The van der Waals surface area contributed by atoms with E-state index < -0.39 is 0 Å². The third-order valence-corrected chi connectivity index (χ3v) is 6.75. The molecular weight excluding hydrogens is 312 g/mol. The normalized spacial score (nSPS) is 35.1. The number of fused-ring (bicyclic) bond motifs is 2. The zero-order valence-corrected chi connectivity index (χ0v) is 14.8. The maximum Gasteiger partial charge on any atom is 0.131 e. The lowest BCUT2D eigenvalue weighted by atomic mass is 9.55. The van der Waals surface area contributed by atoms with Gasteiger partial charge >= 0.3 is 0 Å². The third kappa shape index (κ3) is 1.85. The monoisotopic (exact) mass is 336 g/mol. The van der Waals surface area contributed by atoms with Gasteiger partial charge in [-0.1, -0.05) is 24.3 Å². The first kappa shape index (κ1) is 15.3. The van der Waals surface area contributed by atoms with E-state index in [2.05, 4.69) is 48.5 Å². The van der Waals surface area contributed by atoms with Crippen LogP contribution in [0.15, 0.2) is 48.5 Å². The molecule has 0 spiro atoms. The van der Waals surface area contributed by atoms with Crippen LogP contribution in [-0.4, -0.2) is 14.2 Å². The number of hydrogen-bond donors (Lipinski definition) is 0. The summed E-state index contributed by atoms with van der Waals surface area (Å²) in [5, 5.41) is 0. The Morgan fingerprint density at radius 3 is 1.36 bits per heavy atom. The summed E-state index contributed by atoms with van der Waals surface area (Å²) in [6.45, 7) is 0. The Hall–Kier alpha value is -2.00. The van der Waals surface area contributed by atoms with Crippen molar-refractivity contribution in [3.63, 3.8) is 0 Å². The number of ether oxygens (including phenoxy) is 3. The van der Waals surface area contributed by atoms with E-state index >= 15 is 0 Å². The Balaban J connectivity index is 1.61. The van der Waals surface area contributed by atoms with E-state index in [0.717, 1.165) is 11.5 Å². The predicted molar refractivity (Wildman–Crippen MR) is 95.9 cm³/mol. The van der Waals surface area contributed by atoms with Gasteiger partial charge in [0.2, 0.25) is 0 Å². The van der Waals surface area contributed by atoms with Crippen molar-refractivity contribution < 1.29 is 14.2 Å². The maximum atomic E-state index is 6.78. The average molecular weight is 336 g/mol. The van der Waals surface area contributed by atoms with Crippen LogP contribution >= 0.6 is 0 Å². The Bertz CT molecular complexity index is 706. The lowest BCUT2D eigenvalue weighted by Gasteiger charge is -2.44. The number of rotatable bonds is 4. The van der Waals surface area contributed by atoms with Crippen LogP contribution in [0.4, 0.5) is 0 Å². The van der Waals surface area contributed by atoms with E-state index in [0.29, 0.717) is 11.8 Å². The first-order chi connectivity index (χ1) is 12.2. The first-order valence-corrected chi connectivity index (χ1v) is 9.24. The molecule has 0 aromatic heterocycles. The van der Waals surface area contributed by atoms with Crippen LogP contribution in [0.5, 0.6) is 11.5 Å². The fourth-order valence-corrected chi connectivity index (χ4v) is 5.60. The van der Waals surface area contributed by atoms with Crippen LogP contribution in [0, 0.1) is 11.8 Å². The largest absolute Gasteiger partial charge is 0.497 e. The number of benzene rings is 2. The summed E-state index contributed by atoms with van der Waals surface area (Å²) in [4.78, 5) is 0. The number of methoxy groups -OCH3 is 2. The van der Waals surface area contributed by atoms with Gasteiger partial charge in [-0.05, 0) is 72.9 Å². The number of hydrogen-bond acceptors (Lipinski definition) is 3. The Morgan fingerprint density at radius 2 is 1.04 bits per heavy atom.